The number of rotatable bonds is 1. The third-order valence-electron chi connectivity index (χ3n) is 5.10. The molecular formula is C15H12FN. The molecule has 4 aliphatic rings. The van der Waals surface area contributed by atoms with Gasteiger partial charge in [-0.25, -0.2) is 4.39 Å². The van der Waals surface area contributed by atoms with E-state index in [1.807, 2.05) is 24.3 Å². The van der Waals surface area contributed by atoms with Crippen LogP contribution in [0.4, 0.5) is 4.39 Å². The molecule has 2 heteroatoms. The van der Waals surface area contributed by atoms with Gasteiger partial charge in [0, 0.05) is 23.4 Å². The molecule has 4 fully saturated rings. The Morgan fingerprint density at radius 1 is 1.06 bits per heavy atom. The van der Waals surface area contributed by atoms with E-state index in [4.69, 9.17) is 0 Å². The van der Waals surface area contributed by atoms with Crippen LogP contribution in [0.5, 0.6) is 0 Å². The van der Waals surface area contributed by atoms with Crippen LogP contribution in [0, 0.1) is 17.7 Å². The second kappa shape index (κ2) is 2.39. The molecule has 0 spiro atoms. The van der Waals surface area contributed by atoms with Crippen LogP contribution < -0.4 is 5.32 Å². The van der Waals surface area contributed by atoms with Gasteiger partial charge in [-0.15, -0.1) is 0 Å². The molecule has 0 amide bonds. The maximum atomic E-state index is 13.8. The van der Waals surface area contributed by atoms with Gasteiger partial charge in [-0.1, -0.05) is 30.3 Å². The lowest BCUT2D eigenvalue weighted by molar-refractivity contribution is 0.612. The minimum Gasteiger partial charge on any atom is -0.312 e. The zero-order valence-electron chi connectivity index (χ0n) is 9.28. The molecule has 2 unspecified atom stereocenters. The van der Waals surface area contributed by atoms with E-state index in [1.165, 1.54) is 5.56 Å². The molecule has 2 aliphatic heterocycles. The van der Waals surface area contributed by atoms with Crippen molar-refractivity contribution in [2.45, 2.75) is 11.5 Å². The summed E-state index contributed by atoms with van der Waals surface area (Å²) in [4.78, 5) is 0. The highest BCUT2D eigenvalue weighted by Crippen LogP contribution is 2.81. The zero-order valence-corrected chi connectivity index (χ0v) is 9.28. The third-order valence-corrected chi connectivity index (χ3v) is 5.10. The van der Waals surface area contributed by atoms with Crippen molar-refractivity contribution in [3.05, 3.63) is 47.8 Å². The van der Waals surface area contributed by atoms with Gasteiger partial charge >= 0.3 is 0 Å². The lowest BCUT2D eigenvalue weighted by atomic mass is 9.84. The smallest absolute Gasteiger partial charge is 0.131 e. The van der Waals surface area contributed by atoms with Crippen molar-refractivity contribution in [3.63, 3.8) is 0 Å². The number of hydrogen-bond acceptors (Lipinski definition) is 1. The Morgan fingerprint density at radius 2 is 1.82 bits per heavy atom. The molecule has 2 saturated carbocycles. The molecule has 2 bridgehead atoms. The first kappa shape index (κ1) is 8.65. The normalized spacial score (nSPS) is 40.4. The zero-order chi connectivity index (χ0) is 11.2. The maximum Gasteiger partial charge on any atom is 0.131 e. The van der Waals surface area contributed by atoms with Crippen molar-refractivity contribution in [2.75, 3.05) is 6.54 Å². The molecule has 2 aliphatic carbocycles. The summed E-state index contributed by atoms with van der Waals surface area (Å²) in [5.41, 5.74) is 1.73. The van der Waals surface area contributed by atoms with E-state index in [0.29, 0.717) is 5.41 Å². The Hall–Kier alpha value is -1.41. The van der Waals surface area contributed by atoms with Crippen LogP contribution in [-0.2, 0) is 5.41 Å². The first-order valence-corrected chi connectivity index (χ1v) is 6.25. The standard InChI is InChI=1S/C15H12FN/c16-11-6-5-10(8-3-1-2-4-9(8)11)15-7-17-14-12(15)13(14)15/h1-6,12-14,17H,7H2. The van der Waals surface area contributed by atoms with E-state index >= 15 is 0 Å². The molecule has 6 rings (SSSR count). The third kappa shape index (κ3) is 0.776. The van der Waals surface area contributed by atoms with Gasteiger partial charge in [-0.3, -0.25) is 0 Å². The van der Waals surface area contributed by atoms with Crippen LogP contribution in [0.15, 0.2) is 36.4 Å². The van der Waals surface area contributed by atoms with Crippen molar-refractivity contribution < 1.29 is 4.39 Å². The van der Waals surface area contributed by atoms with Crippen molar-refractivity contribution in [1.82, 2.24) is 5.32 Å². The van der Waals surface area contributed by atoms with Crippen molar-refractivity contribution in [2.24, 2.45) is 11.8 Å². The summed E-state index contributed by atoms with van der Waals surface area (Å²) < 4.78 is 13.8. The van der Waals surface area contributed by atoms with Gasteiger partial charge in [-0.2, -0.15) is 0 Å². The second-order valence-electron chi connectivity index (χ2n) is 5.64. The predicted molar refractivity (Wildman–Crippen MR) is 64.4 cm³/mol. The van der Waals surface area contributed by atoms with E-state index < -0.39 is 0 Å². The fraction of sp³-hybridized carbons (Fsp3) is 0.333. The molecule has 2 aromatic rings. The van der Waals surface area contributed by atoms with Crippen molar-refractivity contribution >= 4 is 10.8 Å². The molecule has 2 heterocycles. The fourth-order valence-corrected chi connectivity index (χ4v) is 4.23. The van der Waals surface area contributed by atoms with Gasteiger partial charge in [0.15, 0.2) is 0 Å². The molecule has 0 aromatic heterocycles. The lowest BCUT2D eigenvalue weighted by Crippen LogP contribution is -2.18. The second-order valence-corrected chi connectivity index (χ2v) is 5.64. The summed E-state index contributed by atoms with van der Waals surface area (Å²) in [6.07, 6.45) is 0. The Kier molecular flexibility index (Phi) is 1.21. The summed E-state index contributed by atoms with van der Waals surface area (Å²) in [6.45, 7) is 1.09. The SMILES string of the molecule is Fc1ccc(C23CNC4C2C43)c2ccccc12. The van der Waals surface area contributed by atoms with Crippen LogP contribution in [-0.4, -0.2) is 12.6 Å². The topological polar surface area (TPSA) is 12.0 Å². The number of fused-ring (bicyclic) bond motifs is 2. The van der Waals surface area contributed by atoms with E-state index in [1.54, 1.807) is 6.07 Å². The summed E-state index contributed by atoms with van der Waals surface area (Å²) in [5.74, 6) is 1.59. The van der Waals surface area contributed by atoms with Gasteiger partial charge in [0.05, 0.1) is 0 Å². The average Bonchev–Trinajstić information content (AvgIpc) is 3.16. The Labute approximate surface area is 98.6 Å². The molecule has 0 radical (unpaired) electrons. The van der Waals surface area contributed by atoms with E-state index in [9.17, 15) is 4.39 Å². The van der Waals surface area contributed by atoms with Crippen LogP contribution in [0.3, 0.4) is 0 Å². The van der Waals surface area contributed by atoms with Gasteiger partial charge in [0.1, 0.15) is 5.82 Å². The molecule has 84 valence electrons. The Bertz CT molecular complexity index is 653. The molecule has 2 aromatic carbocycles. The Morgan fingerprint density at radius 3 is 2.53 bits per heavy atom. The average molecular weight is 225 g/mol. The van der Waals surface area contributed by atoms with Crippen molar-refractivity contribution in [1.29, 1.82) is 0 Å². The van der Waals surface area contributed by atoms with Crippen LogP contribution in [0.2, 0.25) is 0 Å². The monoisotopic (exact) mass is 225 g/mol. The van der Waals surface area contributed by atoms with Gasteiger partial charge in [0.25, 0.3) is 0 Å². The molecule has 1 N–H and O–H groups in total. The van der Waals surface area contributed by atoms with E-state index in [-0.39, 0.29) is 5.82 Å². The highest BCUT2D eigenvalue weighted by molar-refractivity contribution is 5.89. The first-order valence-electron chi connectivity index (χ1n) is 6.25. The van der Waals surface area contributed by atoms with Gasteiger partial charge < -0.3 is 5.32 Å². The number of hydrogen-bond donors (Lipinski definition) is 1. The predicted octanol–water partition coefficient (Wildman–Crippen LogP) is 2.45. The highest BCUT2D eigenvalue weighted by atomic mass is 19.1. The number of piperidine rings is 1. The minimum atomic E-state index is -0.0995. The van der Waals surface area contributed by atoms with Crippen molar-refractivity contribution in [3.8, 4) is 0 Å². The molecule has 2 atom stereocenters. The summed E-state index contributed by atoms with van der Waals surface area (Å²) in [5, 5.41) is 5.44. The van der Waals surface area contributed by atoms with Crippen LogP contribution >= 0.6 is 0 Å². The largest absolute Gasteiger partial charge is 0.312 e. The van der Waals surface area contributed by atoms with Crippen LogP contribution in [0.25, 0.3) is 10.8 Å². The molecule has 1 nitrogen and oxygen atoms in total. The van der Waals surface area contributed by atoms with Gasteiger partial charge in [0.2, 0.25) is 0 Å². The van der Waals surface area contributed by atoms with E-state index in [0.717, 1.165) is 35.2 Å². The maximum absolute atomic E-state index is 13.8. The molecule has 2 saturated heterocycles. The summed E-state index contributed by atoms with van der Waals surface area (Å²) in [7, 11) is 0. The number of benzene rings is 2. The van der Waals surface area contributed by atoms with Gasteiger partial charge in [-0.05, 0) is 28.9 Å². The Balaban J connectivity index is 1.82. The van der Waals surface area contributed by atoms with Crippen LogP contribution in [0.1, 0.15) is 5.56 Å². The minimum absolute atomic E-state index is 0.0995. The summed E-state index contributed by atoms with van der Waals surface area (Å²) in [6, 6.07) is 12.3. The van der Waals surface area contributed by atoms with E-state index in [2.05, 4.69) is 11.4 Å². The fourth-order valence-electron chi connectivity index (χ4n) is 4.23. The quantitative estimate of drug-likeness (QED) is 0.786. The summed E-state index contributed by atoms with van der Waals surface area (Å²) >= 11 is 0. The number of nitrogens with one attached hydrogen (secondary N) is 1. The molecular weight excluding hydrogens is 213 g/mol. The lowest BCUT2D eigenvalue weighted by Gasteiger charge is -2.18. The molecule has 17 heavy (non-hydrogen) atoms. The number of halogens is 1. The first-order chi connectivity index (χ1) is 8.34. The highest BCUT2D eigenvalue weighted by Gasteiger charge is 2.88.